The van der Waals surface area contributed by atoms with Crippen molar-refractivity contribution in [2.45, 2.75) is 85.4 Å². The number of nitrogens with one attached hydrogen (secondary N) is 2. The Bertz CT molecular complexity index is 339. The number of carbonyl (C=O) groups excluding carboxylic acids is 1. The van der Waals surface area contributed by atoms with E-state index in [1.165, 1.54) is 19.3 Å². The third kappa shape index (κ3) is 6.55. The van der Waals surface area contributed by atoms with Crippen LogP contribution in [0.25, 0.3) is 0 Å². The van der Waals surface area contributed by atoms with Crippen molar-refractivity contribution < 1.29 is 9.53 Å². The Labute approximate surface area is 136 Å². The van der Waals surface area contributed by atoms with Gasteiger partial charge in [0.2, 0.25) is 0 Å². The van der Waals surface area contributed by atoms with Crippen LogP contribution in [0.1, 0.15) is 67.7 Å². The Morgan fingerprint density at radius 2 is 1.73 bits per heavy atom. The SMILES string of the molecule is CC(C)C(CNC1C(C)CCCC1C)NC(=O)OC(C)(C)C. The molecule has 0 aromatic rings. The summed E-state index contributed by atoms with van der Waals surface area (Å²) in [6.07, 6.45) is 3.61. The lowest BCUT2D eigenvalue weighted by Gasteiger charge is -2.37. The summed E-state index contributed by atoms with van der Waals surface area (Å²) in [6.45, 7) is 15.4. The maximum Gasteiger partial charge on any atom is 0.407 e. The average Bonchev–Trinajstić information content (AvgIpc) is 2.34. The van der Waals surface area contributed by atoms with Crippen molar-refractivity contribution in [3.05, 3.63) is 0 Å². The Hall–Kier alpha value is -0.770. The van der Waals surface area contributed by atoms with E-state index in [0.717, 1.165) is 6.54 Å². The summed E-state index contributed by atoms with van der Waals surface area (Å²) < 4.78 is 5.37. The standard InChI is InChI=1S/C18H36N2O2/c1-12(2)15(20-17(21)22-18(5,6)7)11-19-16-13(3)9-8-10-14(16)4/h12-16,19H,8-11H2,1-7H3,(H,20,21). The lowest BCUT2D eigenvalue weighted by Crippen LogP contribution is -2.52. The van der Waals surface area contributed by atoms with E-state index in [1.54, 1.807) is 0 Å². The monoisotopic (exact) mass is 312 g/mol. The maximum atomic E-state index is 12.0. The van der Waals surface area contributed by atoms with Gasteiger partial charge in [-0.3, -0.25) is 0 Å². The molecule has 0 heterocycles. The highest BCUT2D eigenvalue weighted by atomic mass is 16.6. The van der Waals surface area contributed by atoms with Gasteiger partial charge in [-0.2, -0.15) is 0 Å². The van der Waals surface area contributed by atoms with Crippen LogP contribution in [-0.4, -0.2) is 30.3 Å². The second kappa shape index (κ2) is 8.19. The van der Waals surface area contributed by atoms with Crippen molar-refractivity contribution >= 4 is 6.09 Å². The minimum absolute atomic E-state index is 0.0937. The van der Waals surface area contributed by atoms with Crippen molar-refractivity contribution in [1.82, 2.24) is 10.6 Å². The summed E-state index contributed by atoms with van der Waals surface area (Å²) in [4.78, 5) is 12.0. The number of ether oxygens (including phenoxy) is 1. The molecular formula is C18H36N2O2. The molecule has 3 atom stereocenters. The van der Waals surface area contributed by atoms with Crippen LogP contribution in [-0.2, 0) is 4.74 Å². The zero-order valence-corrected chi connectivity index (χ0v) is 15.5. The van der Waals surface area contributed by atoms with E-state index in [2.05, 4.69) is 38.3 Å². The van der Waals surface area contributed by atoms with Crippen LogP contribution in [0.3, 0.4) is 0 Å². The van der Waals surface area contributed by atoms with Crippen molar-refractivity contribution in [2.24, 2.45) is 17.8 Å². The van der Waals surface area contributed by atoms with E-state index >= 15 is 0 Å². The zero-order chi connectivity index (χ0) is 16.9. The van der Waals surface area contributed by atoms with Gasteiger partial charge in [0.15, 0.2) is 0 Å². The topological polar surface area (TPSA) is 50.4 Å². The van der Waals surface area contributed by atoms with Crippen molar-refractivity contribution in [1.29, 1.82) is 0 Å². The minimum Gasteiger partial charge on any atom is -0.444 e. The molecule has 3 unspecified atom stereocenters. The molecule has 1 fully saturated rings. The molecule has 4 nitrogen and oxygen atoms in total. The highest BCUT2D eigenvalue weighted by molar-refractivity contribution is 5.68. The number of amides is 1. The van der Waals surface area contributed by atoms with Crippen LogP contribution in [0.5, 0.6) is 0 Å². The van der Waals surface area contributed by atoms with Gasteiger partial charge < -0.3 is 15.4 Å². The van der Waals surface area contributed by atoms with E-state index in [1.807, 2.05) is 20.8 Å². The molecule has 130 valence electrons. The van der Waals surface area contributed by atoms with Gasteiger partial charge >= 0.3 is 6.09 Å². The second-order valence-electron chi connectivity index (χ2n) is 8.32. The molecule has 1 aliphatic rings. The zero-order valence-electron chi connectivity index (χ0n) is 15.5. The molecule has 0 aromatic carbocycles. The van der Waals surface area contributed by atoms with Gasteiger partial charge in [0.25, 0.3) is 0 Å². The molecule has 1 saturated carbocycles. The first-order valence-corrected chi connectivity index (χ1v) is 8.83. The molecule has 2 N–H and O–H groups in total. The summed E-state index contributed by atoms with van der Waals surface area (Å²) in [5, 5.41) is 6.72. The first-order valence-electron chi connectivity index (χ1n) is 8.83. The highest BCUT2D eigenvalue weighted by Crippen LogP contribution is 2.28. The fraction of sp³-hybridized carbons (Fsp3) is 0.944. The van der Waals surface area contributed by atoms with E-state index in [-0.39, 0.29) is 12.1 Å². The Kier molecular flexibility index (Phi) is 7.17. The van der Waals surface area contributed by atoms with Gasteiger partial charge in [0, 0.05) is 18.6 Å². The average molecular weight is 312 g/mol. The van der Waals surface area contributed by atoms with Crippen LogP contribution in [0.4, 0.5) is 4.79 Å². The highest BCUT2D eigenvalue weighted by Gasteiger charge is 2.29. The third-order valence-corrected chi connectivity index (χ3v) is 4.63. The third-order valence-electron chi connectivity index (χ3n) is 4.63. The van der Waals surface area contributed by atoms with Crippen molar-refractivity contribution in [2.75, 3.05) is 6.54 Å². The van der Waals surface area contributed by atoms with Crippen LogP contribution in [0.15, 0.2) is 0 Å². The van der Waals surface area contributed by atoms with Crippen molar-refractivity contribution in [3.63, 3.8) is 0 Å². The number of hydrogen-bond donors (Lipinski definition) is 2. The largest absolute Gasteiger partial charge is 0.444 e. The van der Waals surface area contributed by atoms with Crippen LogP contribution in [0, 0.1) is 17.8 Å². The molecule has 0 bridgehead atoms. The van der Waals surface area contributed by atoms with E-state index < -0.39 is 5.60 Å². The summed E-state index contributed by atoms with van der Waals surface area (Å²) in [6, 6.07) is 0.645. The van der Waals surface area contributed by atoms with Crippen LogP contribution >= 0.6 is 0 Å². The second-order valence-corrected chi connectivity index (χ2v) is 8.32. The predicted octanol–water partition coefficient (Wildman–Crippen LogP) is 3.95. The molecule has 1 aliphatic carbocycles. The molecular weight excluding hydrogens is 276 g/mol. The van der Waals surface area contributed by atoms with Gasteiger partial charge in [-0.1, -0.05) is 34.1 Å². The van der Waals surface area contributed by atoms with E-state index in [0.29, 0.717) is 23.8 Å². The van der Waals surface area contributed by atoms with Gasteiger partial charge in [-0.05, 0) is 51.4 Å². The minimum atomic E-state index is -0.453. The quantitative estimate of drug-likeness (QED) is 0.808. The van der Waals surface area contributed by atoms with E-state index in [9.17, 15) is 4.79 Å². The predicted molar refractivity (Wildman–Crippen MR) is 92.0 cm³/mol. The number of rotatable bonds is 5. The molecule has 1 amide bonds. The lowest BCUT2D eigenvalue weighted by molar-refractivity contribution is 0.0486. The first kappa shape index (κ1) is 19.3. The fourth-order valence-corrected chi connectivity index (χ4v) is 3.26. The normalized spacial score (nSPS) is 27.5. The Morgan fingerprint density at radius 3 is 2.18 bits per heavy atom. The van der Waals surface area contributed by atoms with Gasteiger partial charge in [0.05, 0.1) is 0 Å². The molecule has 0 aromatic heterocycles. The molecule has 22 heavy (non-hydrogen) atoms. The van der Waals surface area contributed by atoms with Crippen LogP contribution in [0.2, 0.25) is 0 Å². The Morgan fingerprint density at radius 1 is 1.18 bits per heavy atom. The molecule has 0 saturated heterocycles. The van der Waals surface area contributed by atoms with Gasteiger partial charge in [0.1, 0.15) is 5.60 Å². The summed E-state index contributed by atoms with van der Waals surface area (Å²) in [5.41, 5.74) is -0.453. The maximum absolute atomic E-state index is 12.0. The molecule has 1 rings (SSSR count). The Balaban J connectivity index is 2.52. The summed E-state index contributed by atoms with van der Waals surface area (Å²) >= 11 is 0. The number of hydrogen-bond acceptors (Lipinski definition) is 3. The molecule has 0 spiro atoms. The van der Waals surface area contributed by atoms with Crippen molar-refractivity contribution in [3.8, 4) is 0 Å². The number of alkyl carbamates (subject to hydrolysis) is 1. The lowest BCUT2D eigenvalue weighted by atomic mass is 9.78. The summed E-state index contributed by atoms with van der Waals surface area (Å²) in [5.74, 6) is 1.78. The smallest absolute Gasteiger partial charge is 0.407 e. The van der Waals surface area contributed by atoms with Crippen LogP contribution < -0.4 is 10.6 Å². The summed E-state index contributed by atoms with van der Waals surface area (Å²) in [7, 11) is 0. The first-order chi connectivity index (χ1) is 10.1. The molecule has 0 aliphatic heterocycles. The van der Waals surface area contributed by atoms with Gasteiger partial charge in [-0.15, -0.1) is 0 Å². The number of carbonyl (C=O) groups is 1. The molecule has 0 radical (unpaired) electrons. The van der Waals surface area contributed by atoms with E-state index in [4.69, 9.17) is 4.74 Å². The van der Waals surface area contributed by atoms with Gasteiger partial charge in [-0.25, -0.2) is 4.79 Å². The molecule has 4 heteroatoms. The fourth-order valence-electron chi connectivity index (χ4n) is 3.26.